The number of hydrogen-bond acceptors (Lipinski definition) is 3. The van der Waals surface area contributed by atoms with Crippen molar-refractivity contribution < 1.29 is 5.11 Å². The number of benzene rings is 3. The number of fused-ring (bicyclic) bond motifs is 1. The molecule has 1 aliphatic rings. The van der Waals surface area contributed by atoms with Crippen LogP contribution in [-0.2, 0) is 5.66 Å². The highest BCUT2D eigenvalue weighted by Crippen LogP contribution is 2.44. The molecule has 3 nitrogen and oxygen atoms in total. The van der Waals surface area contributed by atoms with Crippen molar-refractivity contribution in [2.24, 2.45) is 0 Å². The van der Waals surface area contributed by atoms with E-state index in [9.17, 15) is 5.11 Å². The zero-order valence-corrected chi connectivity index (χ0v) is 12.0. The third-order valence-electron chi connectivity index (χ3n) is 4.06. The number of aromatic hydroxyl groups is 1. The van der Waals surface area contributed by atoms with Crippen LogP contribution in [-0.4, -0.2) is 5.11 Å². The Labute approximate surface area is 129 Å². The molecule has 0 radical (unpaired) electrons. The Morgan fingerprint density at radius 1 is 0.636 bits per heavy atom. The first kappa shape index (κ1) is 12.8. The van der Waals surface area contributed by atoms with Crippen molar-refractivity contribution in [2.75, 3.05) is 10.6 Å². The van der Waals surface area contributed by atoms with Gasteiger partial charge in [0.05, 0.1) is 11.4 Å². The SMILES string of the molecule is Oc1ccc2c(c1)NC(c1ccccc1)(c1ccccc1)N2. The number of phenolic OH excluding ortho intramolecular Hbond substituents is 1. The van der Waals surface area contributed by atoms with E-state index in [0.29, 0.717) is 0 Å². The Kier molecular flexibility index (Phi) is 2.79. The molecule has 0 saturated heterocycles. The number of rotatable bonds is 2. The van der Waals surface area contributed by atoms with E-state index in [2.05, 4.69) is 34.9 Å². The van der Waals surface area contributed by atoms with Crippen LogP contribution >= 0.6 is 0 Å². The van der Waals surface area contributed by atoms with Crippen molar-refractivity contribution in [3.8, 4) is 5.75 Å². The minimum atomic E-state index is -0.529. The molecule has 0 fully saturated rings. The summed E-state index contributed by atoms with van der Waals surface area (Å²) in [5.41, 5.74) is 3.59. The Bertz CT molecular complexity index is 761. The van der Waals surface area contributed by atoms with Crippen LogP contribution in [0.2, 0.25) is 0 Å². The van der Waals surface area contributed by atoms with Gasteiger partial charge in [0, 0.05) is 17.2 Å². The quantitative estimate of drug-likeness (QED) is 0.621. The second-order valence-electron chi connectivity index (χ2n) is 5.46. The molecule has 0 amide bonds. The molecule has 108 valence electrons. The van der Waals surface area contributed by atoms with E-state index in [1.165, 1.54) is 0 Å². The smallest absolute Gasteiger partial charge is 0.161 e. The molecule has 0 atom stereocenters. The number of anilines is 2. The predicted molar refractivity (Wildman–Crippen MR) is 89.0 cm³/mol. The number of hydrogen-bond donors (Lipinski definition) is 3. The molecule has 22 heavy (non-hydrogen) atoms. The van der Waals surface area contributed by atoms with Gasteiger partial charge in [-0.05, 0) is 12.1 Å². The Morgan fingerprint density at radius 3 is 1.77 bits per heavy atom. The highest BCUT2D eigenvalue weighted by atomic mass is 16.3. The van der Waals surface area contributed by atoms with Crippen LogP contribution in [0.5, 0.6) is 5.75 Å². The summed E-state index contributed by atoms with van der Waals surface area (Å²) in [6.07, 6.45) is 0. The van der Waals surface area contributed by atoms with Gasteiger partial charge in [0.15, 0.2) is 5.66 Å². The van der Waals surface area contributed by atoms with E-state index in [-0.39, 0.29) is 5.75 Å². The second-order valence-corrected chi connectivity index (χ2v) is 5.46. The molecule has 0 aromatic heterocycles. The van der Waals surface area contributed by atoms with Crippen molar-refractivity contribution in [2.45, 2.75) is 5.66 Å². The minimum absolute atomic E-state index is 0.255. The molecular weight excluding hydrogens is 272 g/mol. The zero-order valence-electron chi connectivity index (χ0n) is 12.0. The van der Waals surface area contributed by atoms with Crippen molar-refractivity contribution >= 4 is 11.4 Å². The van der Waals surface area contributed by atoms with Gasteiger partial charge < -0.3 is 15.7 Å². The highest BCUT2D eigenvalue weighted by molar-refractivity contribution is 5.80. The average molecular weight is 288 g/mol. The van der Waals surface area contributed by atoms with Crippen LogP contribution in [0.1, 0.15) is 11.1 Å². The first-order valence-electron chi connectivity index (χ1n) is 7.28. The molecule has 1 aliphatic heterocycles. The molecule has 3 aromatic rings. The van der Waals surface area contributed by atoms with Crippen molar-refractivity contribution in [3.63, 3.8) is 0 Å². The van der Waals surface area contributed by atoms with Gasteiger partial charge in [0.25, 0.3) is 0 Å². The van der Waals surface area contributed by atoms with Gasteiger partial charge in [0.2, 0.25) is 0 Å². The van der Waals surface area contributed by atoms with Gasteiger partial charge in [-0.15, -0.1) is 0 Å². The maximum atomic E-state index is 9.74. The first-order valence-corrected chi connectivity index (χ1v) is 7.28. The van der Waals surface area contributed by atoms with E-state index < -0.39 is 5.66 Å². The molecule has 0 unspecified atom stereocenters. The first-order chi connectivity index (χ1) is 10.8. The average Bonchev–Trinajstić information content (AvgIpc) is 2.96. The van der Waals surface area contributed by atoms with E-state index in [1.807, 2.05) is 42.5 Å². The lowest BCUT2D eigenvalue weighted by Crippen LogP contribution is -2.39. The molecule has 3 aromatic carbocycles. The standard InChI is InChI=1S/C19H16N2O/c22-16-11-12-17-18(13-16)21-19(20-17,14-7-3-1-4-8-14)15-9-5-2-6-10-15/h1-13,20-22H. The zero-order chi connectivity index (χ0) is 15.0. The molecular formula is C19H16N2O. The van der Waals surface area contributed by atoms with Gasteiger partial charge in [0.1, 0.15) is 5.75 Å². The topological polar surface area (TPSA) is 44.3 Å². The van der Waals surface area contributed by atoms with Gasteiger partial charge in [-0.3, -0.25) is 0 Å². The van der Waals surface area contributed by atoms with Crippen LogP contribution in [0.25, 0.3) is 0 Å². The maximum Gasteiger partial charge on any atom is 0.161 e. The van der Waals surface area contributed by atoms with Gasteiger partial charge in [-0.25, -0.2) is 0 Å². The summed E-state index contributed by atoms with van der Waals surface area (Å²) >= 11 is 0. The Morgan fingerprint density at radius 2 is 1.18 bits per heavy atom. The van der Waals surface area contributed by atoms with Crippen molar-refractivity contribution in [3.05, 3.63) is 90.0 Å². The van der Waals surface area contributed by atoms with E-state index in [4.69, 9.17) is 0 Å². The summed E-state index contributed by atoms with van der Waals surface area (Å²) < 4.78 is 0. The predicted octanol–water partition coefficient (Wildman–Crippen LogP) is 4.13. The van der Waals surface area contributed by atoms with Crippen molar-refractivity contribution in [1.29, 1.82) is 0 Å². The summed E-state index contributed by atoms with van der Waals surface area (Å²) in [6, 6.07) is 25.9. The number of nitrogens with one attached hydrogen (secondary N) is 2. The van der Waals surface area contributed by atoms with Crippen LogP contribution in [0.3, 0.4) is 0 Å². The van der Waals surface area contributed by atoms with E-state index in [1.54, 1.807) is 12.1 Å². The Hall–Kier alpha value is -2.94. The fourth-order valence-corrected chi connectivity index (χ4v) is 3.01. The summed E-state index contributed by atoms with van der Waals surface area (Å²) in [4.78, 5) is 0. The third-order valence-corrected chi connectivity index (χ3v) is 4.06. The van der Waals surface area contributed by atoms with Crippen LogP contribution in [0.4, 0.5) is 11.4 Å². The molecule has 0 aliphatic carbocycles. The molecule has 4 rings (SSSR count). The molecule has 1 heterocycles. The lowest BCUT2D eigenvalue weighted by Gasteiger charge is -2.32. The Balaban J connectivity index is 1.90. The highest BCUT2D eigenvalue weighted by Gasteiger charge is 2.39. The number of phenols is 1. The molecule has 0 bridgehead atoms. The fourth-order valence-electron chi connectivity index (χ4n) is 3.01. The summed E-state index contributed by atoms with van der Waals surface area (Å²) in [7, 11) is 0. The van der Waals surface area contributed by atoms with Gasteiger partial charge in [-0.2, -0.15) is 0 Å². The second kappa shape index (κ2) is 4.81. The lowest BCUT2D eigenvalue weighted by molar-refractivity contribution is 0.475. The molecule has 3 N–H and O–H groups in total. The molecule has 3 heteroatoms. The van der Waals surface area contributed by atoms with Crippen LogP contribution in [0.15, 0.2) is 78.9 Å². The molecule has 0 spiro atoms. The van der Waals surface area contributed by atoms with Gasteiger partial charge in [-0.1, -0.05) is 60.7 Å². The van der Waals surface area contributed by atoms with Crippen molar-refractivity contribution in [1.82, 2.24) is 0 Å². The summed E-state index contributed by atoms with van der Waals surface area (Å²) in [5.74, 6) is 0.255. The normalized spacial score (nSPS) is 14.7. The largest absolute Gasteiger partial charge is 0.508 e. The summed E-state index contributed by atoms with van der Waals surface area (Å²) in [5, 5.41) is 16.9. The molecule has 0 saturated carbocycles. The van der Waals surface area contributed by atoms with E-state index in [0.717, 1.165) is 22.5 Å². The summed E-state index contributed by atoms with van der Waals surface area (Å²) in [6.45, 7) is 0. The fraction of sp³-hybridized carbons (Fsp3) is 0.0526. The lowest BCUT2D eigenvalue weighted by atomic mass is 9.92. The van der Waals surface area contributed by atoms with Crippen LogP contribution < -0.4 is 10.6 Å². The minimum Gasteiger partial charge on any atom is -0.508 e. The monoisotopic (exact) mass is 288 g/mol. The maximum absolute atomic E-state index is 9.74. The third kappa shape index (κ3) is 1.91. The van der Waals surface area contributed by atoms with Crippen LogP contribution in [0, 0.1) is 0 Å². The van der Waals surface area contributed by atoms with Gasteiger partial charge >= 0.3 is 0 Å². The van der Waals surface area contributed by atoms with E-state index >= 15 is 0 Å².